The minimum absolute atomic E-state index is 0.229. The largest absolute Gasteiger partial charge is 0.498 e. The van der Waals surface area contributed by atoms with Gasteiger partial charge in [-0.2, -0.15) is 5.10 Å². The maximum absolute atomic E-state index is 8.54. The third-order valence-corrected chi connectivity index (χ3v) is 12.5. The Morgan fingerprint density at radius 3 is 1.62 bits per heavy atom. The van der Waals surface area contributed by atoms with Crippen LogP contribution in [0.2, 0.25) is 10.0 Å². The second-order valence-electron chi connectivity index (χ2n) is 16.7. The van der Waals surface area contributed by atoms with Crippen LogP contribution >= 0.6 is 39.1 Å². The van der Waals surface area contributed by atoms with Crippen molar-refractivity contribution >= 4 is 110 Å². The monoisotopic (exact) mass is 988 g/mol. The summed E-state index contributed by atoms with van der Waals surface area (Å²) in [5, 5.41) is 48.8. The van der Waals surface area contributed by atoms with E-state index in [1.807, 2.05) is 114 Å². The lowest BCUT2D eigenvalue weighted by Crippen LogP contribution is -2.41. The number of allylic oxidation sites excluding steroid dienone is 1. The SMILES string of the molecule is CC(=N)N1C(=N)[C@H](C)N=C(c2ccc(Cl)cc2)c2cc(/C(C=N)=C/N)ccc21.CC(=N)N1C(=N)[C@H](C)N=C(c2ccc(Cl)cc2)c2cc(Br)ccc21.CC1(C)OB(c2cn[nH]c2)OC1(C)C. The Morgan fingerprint density at radius 1 is 0.758 bits per heavy atom. The highest BCUT2D eigenvalue weighted by Crippen LogP contribution is 2.37. The van der Waals surface area contributed by atoms with Crippen LogP contribution in [0, 0.1) is 27.0 Å². The summed E-state index contributed by atoms with van der Waals surface area (Å²) in [7, 11) is -0.307. The number of amidine groups is 4. The number of aromatic amines is 1. The van der Waals surface area contributed by atoms with Crippen molar-refractivity contribution in [3.8, 4) is 0 Å². The molecule has 8 N–H and O–H groups in total. The van der Waals surface area contributed by atoms with Gasteiger partial charge in [-0.25, -0.2) is 0 Å². The third-order valence-electron chi connectivity index (χ3n) is 11.5. The molecule has 4 aromatic carbocycles. The van der Waals surface area contributed by atoms with E-state index < -0.39 is 6.04 Å². The fourth-order valence-electron chi connectivity index (χ4n) is 7.27. The first-order valence-corrected chi connectivity index (χ1v) is 22.5. The Morgan fingerprint density at radius 2 is 1.21 bits per heavy atom. The van der Waals surface area contributed by atoms with E-state index in [0.717, 1.165) is 49.2 Å². The summed E-state index contributed by atoms with van der Waals surface area (Å²) in [5.74, 6) is 1.05. The number of nitrogens with two attached hydrogens (primary N) is 1. The summed E-state index contributed by atoms with van der Waals surface area (Å²) in [4.78, 5) is 12.8. The van der Waals surface area contributed by atoms with E-state index in [-0.39, 0.29) is 41.9 Å². The Kier molecular flexibility index (Phi) is 15.1. The highest BCUT2D eigenvalue weighted by molar-refractivity contribution is 9.10. The molecule has 5 aromatic rings. The molecule has 8 rings (SSSR count). The second kappa shape index (κ2) is 20.2. The van der Waals surface area contributed by atoms with E-state index in [2.05, 4.69) is 26.1 Å². The number of aromatic nitrogens is 2. The lowest BCUT2D eigenvalue weighted by Gasteiger charge is -2.32. The highest BCUT2D eigenvalue weighted by atomic mass is 79.9. The van der Waals surface area contributed by atoms with Crippen molar-refractivity contribution in [3.05, 3.63) is 146 Å². The number of hydrogen-bond acceptors (Lipinski definition) is 11. The van der Waals surface area contributed by atoms with Crippen LogP contribution in [0.4, 0.5) is 11.4 Å². The molecule has 1 saturated heterocycles. The maximum Gasteiger partial charge on any atom is 0.498 e. The first-order chi connectivity index (χ1) is 31.2. The van der Waals surface area contributed by atoms with Crippen molar-refractivity contribution in [2.24, 2.45) is 15.7 Å². The van der Waals surface area contributed by atoms with E-state index in [4.69, 9.17) is 75.3 Å². The minimum atomic E-state index is -0.436. The number of benzodiazepines with no additional fused rings is 2. The van der Waals surface area contributed by atoms with Gasteiger partial charge in [0, 0.05) is 72.6 Å². The van der Waals surface area contributed by atoms with Crippen molar-refractivity contribution in [1.29, 1.82) is 27.0 Å². The molecule has 18 heteroatoms. The van der Waals surface area contributed by atoms with Gasteiger partial charge < -0.3 is 20.5 Å². The first kappa shape index (κ1) is 49.4. The van der Waals surface area contributed by atoms with E-state index in [9.17, 15) is 0 Å². The van der Waals surface area contributed by atoms with Crippen molar-refractivity contribution in [3.63, 3.8) is 0 Å². The molecule has 4 heterocycles. The number of anilines is 2. The summed E-state index contributed by atoms with van der Waals surface area (Å²) < 4.78 is 12.6. The number of nitrogens with one attached hydrogen (secondary N) is 6. The molecule has 0 amide bonds. The van der Waals surface area contributed by atoms with Crippen LogP contribution in [-0.2, 0) is 9.31 Å². The number of halogens is 3. The molecule has 0 unspecified atom stereocenters. The Bertz CT molecular complexity index is 2760. The number of nitrogens with zero attached hydrogens (tertiary/aromatic N) is 5. The molecule has 14 nitrogen and oxygen atoms in total. The first-order valence-electron chi connectivity index (χ1n) is 20.9. The summed E-state index contributed by atoms with van der Waals surface area (Å²) in [6.07, 6.45) is 6.10. The van der Waals surface area contributed by atoms with E-state index >= 15 is 0 Å². The molecular formula is C48H52BBrCl2N12O2. The molecule has 340 valence electrons. The minimum Gasteiger partial charge on any atom is -0.404 e. The highest BCUT2D eigenvalue weighted by Gasteiger charge is 2.52. The average molecular weight is 991 g/mol. The van der Waals surface area contributed by atoms with Crippen LogP contribution in [-0.4, -0.2) is 81.6 Å². The molecule has 0 saturated carbocycles. The Labute approximate surface area is 404 Å². The fraction of sp³-hybridized carbons (Fsp3) is 0.250. The molecule has 0 radical (unpaired) electrons. The second-order valence-corrected chi connectivity index (χ2v) is 18.5. The van der Waals surface area contributed by atoms with Crippen molar-refractivity contribution < 1.29 is 9.31 Å². The van der Waals surface area contributed by atoms with Crippen molar-refractivity contribution in [2.75, 3.05) is 9.80 Å². The topological polar surface area (TPSA) is 224 Å². The molecule has 0 aliphatic carbocycles. The summed E-state index contributed by atoms with van der Waals surface area (Å²) in [6.45, 7) is 15.2. The lowest BCUT2D eigenvalue weighted by molar-refractivity contribution is 0.00578. The van der Waals surface area contributed by atoms with Gasteiger partial charge in [0.2, 0.25) is 0 Å². The molecule has 1 aromatic heterocycles. The molecule has 0 spiro atoms. The summed E-state index contributed by atoms with van der Waals surface area (Å²) in [5.41, 5.74) is 13.8. The van der Waals surface area contributed by atoms with Crippen LogP contribution in [0.1, 0.15) is 83.2 Å². The molecule has 66 heavy (non-hydrogen) atoms. The number of fused-ring (bicyclic) bond motifs is 2. The zero-order valence-corrected chi connectivity index (χ0v) is 41.0. The predicted octanol–water partition coefficient (Wildman–Crippen LogP) is 10.1. The fourth-order valence-corrected chi connectivity index (χ4v) is 7.88. The van der Waals surface area contributed by atoms with Crippen LogP contribution in [0.25, 0.3) is 5.57 Å². The van der Waals surface area contributed by atoms with Gasteiger partial charge in [0.15, 0.2) is 0 Å². The molecule has 0 bridgehead atoms. The van der Waals surface area contributed by atoms with E-state index in [1.54, 1.807) is 48.2 Å². The van der Waals surface area contributed by atoms with Gasteiger partial charge in [-0.3, -0.25) is 46.5 Å². The number of rotatable bonds is 5. The van der Waals surface area contributed by atoms with Crippen molar-refractivity contribution in [2.45, 2.75) is 78.7 Å². The zero-order chi connectivity index (χ0) is 48.2. The number of benzene rings is 4. The van der Waals surface area contributed by atoms with Gasteiger partial charge in [0.05, 0.1) is 34.0 Å². The Hall–Kier alpha value is -6.04. The molecule has 3 aliphatic rings. The van der Waals surface area contributed by atoms with Gasteiger partial charge in [0.25, 0.3) is 0 Å². The third kappa shape index (κ3) is 10.5. The maximum atomic E-state index is 8.54. The summed E-state index contributed by atoms with van der Waals surface area (Å²) in [6, 6.07) is 25.5. The molecule has 2 atom stereocenters. The standard InChI is InChI=1S/C21H21ClN6.C18H16BrClN4.C9H15BN2O2/c1-12-21(26)28(13(2)25)19-8-5-15(16(10-23)11-24)9-18(19)20(27-12)14-3-6-17(22)7-4-14;1-10-18(22)24(11(2)21)16-8-5-13(19)9-15(16)17(23-10)12-3-6-14(20)7-4-12;1-8(2)9(3,4)14-10(13-8)7-5-11-12-6-7/h3-12,23,25-26H,24H2,1-2H3;3-10,21-22H,1-2H3;5-6H,1-4H3,(H,11,12)/b16-11+,23-10?,25-13?,26-21?;;/t12-;10-;/m00./s1. The summed E-state index contributed by atoms with van der Waals surface area (Å²) >= 11 is 15.6. The van der Waals surface area contributed by atoms with Crippen LogP contribution in [0.3, 0.4) is 0 Å². The van der Waals surface area contributed by atoms with Gasteiger partial charge in [-0.05, 0) is 116 Å². The Balaban J connectivity index is 0.000000172. The number of hydrogen-bond donors (Lipinski definition) is 7. The molecule has 3 aliphatic heterocycles. The van der Waals surface area contributed by atoms with Crippen LogP contribution in [0.15, 0.2) is 118 Å². The smallest absolute Gasteiger partial charge is 0.404 e. The van der Waals surface area contributed by atoms with Crippen LogP contribution < -0.4 is 21.0 Å². The quantitative estimate of drug-likeness (QED) is 0.0515. The lowest BCUT2D eigenvalue weighted by atomic mass is 9.82. The molecular weight excluding hydrogens is 938 g/mol. The number of H-pyrrole nitrogens is 1. The normalized spacial score (nSPS) is 18.5. The van der Waals surface area contributed by atoms with Gasteiger partial charge in [0.1, 0.15) is 35.4 Å². The molecule has 1 fully saturated rings. The van der Waals surface area contributed by atoms with Gasteiger partial charge in [-0.15, -0.1) is 0 Å². The van der Waals surface area contributed by atoms with Gasteiger partial charge in [-0.1, -0.05) is 69.5 Å². The van der Waals surface area contributed by atoms with E-state index in [1.165, 1.54) is 12.4 Å². The average Bonchev–Trinajstić information content (AvgIpc) is 3.84. The predicted molar refractivity (Wildman–Crippen MR) is 276 cm³/mol. The van der Waals surface area contributed by atoms with E-state index in [0.29, 0.717) is 32.9 Å². The number of aliphatic imine (C=N–C) groups is 2. The van der Waals surface area contributed by atoms with Crippen LogP contribution in [0.5, 0.6) is 0 Å². The van der Waals surface area contributed by atoms with Crippen molar-refractivity contribution in [1.82, 2.24) is 10.2 Å². The van der Waals surface area contributed by atoms with Gasteiger partial charge >= 0.3 is 7.12 Å². The zero-order valence-electron chi connectivity index (χ0n) is 37.9.